The van der Waals surface area contributed by atoms with E-state index in [9.17, 15) is 4.79 Å². The van der Waals surface area contributed by atoms with E-state index in [1.165, 1.54) is 0 Å². The lowest BCUT2D eigenvalue weighted by Crippen LogP contribution is -2.40. The van der Waals surface area contributed by atoms with E-state index in [0.29, 0.717) is 24.4 Å². The molecule has 2 aliphatic heterocycles. The minimum atomic E-state index is -0.324. The molecule has 2 heterocycles. The first-order chi connectivity index (χ1) is 8.19. The highest BCUT2D eigenvalue weighted by Gasteiger charge is 2.33. The van der Waals surface area contributed by atoms with Crippen LogP contribution in [0.1, 0.15) is 27.2 Å². The minimum absolute atomic E-state index is 0.324. The van der Waals surface area contributed by atoms with Gasteiger partial charge >= 0.3 is 5.97 Å². The molecule has 5 nitrogen and oxygen atoms in total. The van der Waals surface area contributed by atoms with Crippen molar-refractivity contribution in [2.75, 3.05) is 19.7 Å². The smallest absolute Gasteiger partial charge is 0.343 e. The summed E-state index contributed by atoms with van der Waals surface area (Å²) in [6.45, 7) is 7.57. The molecular formula is C12H17N3O2. The van der Waals surface area contributed by atoms with Gasteiger partial charge in [0.1, 0.15) is 17.2 Å². The summed E-state index contributed by atoms with van der Waals surface area (Å²) < 4.78 is 5.06. The molecule has 0 saturated heterocycles. The molecule has 0 radical (unpaired) electrons. The first kappa shape index (κ1) is 11.8. The second-order valence-corrected chi connectivity index (χ2v) is 3.92. The molecule has 0 aromatic rings. The second-order valence-electron chi connectivity index (χ2n) is 3.92. The number of carbonyl (C=O) groups is 1. The third kappa shape index (κ3) is 1.97. The highest BCUT2D eigenvalue weighted by molar-refractivity contribution is 6.25. The zero-order chi connectivity index (χ0) is 12.4. The van der Waals surface area contributed by atoms with Gasteiger partial charge in [-0.1, -0.05) is 6.92 Å². The van der Waals surface area contributed by atoms with Gasteiger partial charge in [0.05, 0.1) is 18.8 Å². The maximum absolute atomic E-state index is 11.9. The summed E-state index contributed by atoms with van der Waals surface area (Å²) in [5.41, 5.74) is 1.22. The number of hydrogen-bond acceptors (Lipinski definition) is 5. The quantitative estimate of drug-likeness (QED) is 0.694. The standard InChI is InChI=1S/C12H17N3O2/c1-4-9-14-8(3)10(12(16)17-5-2)11-13-6-7-15(9)11/h4-7H2,1-3H3. The van der Waals surface area contributed by atoms with Crippen LogP contribution >= 0.6 is 0 Å². The number of carbonyl (C=O) groups excluding carboxylic acids is 1. The van der Waals surface area contributed by atoms with Gasteiger partial charge in [-0.2, -0.15) is 0 Å². The molecule has 0 amide bonds. The fourth-order valence-corrected chi connectivity index (χ4v) is 2.10. The highest BCUT2D eigenvalue weighted by Crippen LogP contribution is 2.23. The molecule has 0 unspecified atom stereocenters. The Hall–Kier alpha value is -1.65. The molecule has 0 saturated carbocycles. The largest absolute Gasteiger partial charge is 0.462 e. The van der Waals surface area contributed by atoms with Gasteiger partial charge in [-0.25, -0.2) is 9.79 Å². The Morgan fingerprint density at radius 3 is 2.88 bits per heavy atom. The van der Waals surface area contributed by atoms with Crippen molar-refractivity contribution in [3.05, 3.63) is 11.3 Å². The van der Waals surface area contributed by atoms with Crippen LogP contribution in [-0.2, 0) is 9.53 Å². The maximum atomic E-state index is 11.9. The number of ether oxygens (including phenoxy) is 1. The number of rotatable bonds is 3. The maximum Gasteiger partial charge on any atom is 0.343 e. The van der Waals surface area contributed by atoms with Crippen LogP contribution in [0.25, 0.3) is 0 Å². The fraction of sp³-hybridized carbons (Fsp3) is 0.583. The van der Waals surface area contributed by atoms with Gasteiger partial charge in [0.15, 0.2) is 0 Å². The molecule has 2 aliphatic rings. The van der Waals surface area contributed by atoms with Gasteiger partial charge in [0, 0.05) is 13.0 Å². The van der Waals surface area contributed by atoms with Crippen LogP contribution in [0.4, 0.5) is 0 Å². The van der Waals surface area contributed by atoms with E-state index in [2.05, 4.69) is 16.9 Å². The lowest BCUT2D eigenvalue weighted by atomic mass is 10.1. The van der Waals surface area contributed by atoms with Gasteiger partial charge in [0.25, 0.3) is 0 Å². The zero-order valence-electron chi connectivity index (χ0n) is 10.5. The Kier molecular flexibility index (Phi) is 3.26. The van der Waals surface area contributed by atoms with E-state index in [1.807, 2.05) is 11.8 Å². The van der Waals surface area contributed by atoms with Crippen LogP contribution < -0.4 is 0 Å². The molecular weight excluding hydrogens is 218 g/mol. The lowest BCUT2D eigenvalue weighted by molar-refractivity contribution is -0.138. The predicted octanol–water partition coefficient (Wildman–Crippen LogP) is 1.36. The summed E-state index contributed by atoms with van der Waals surface area (Å²) in [5.74, 6) is 1.38. The lowest BCUT2D eigenvalue weighted by Gasteiger charge is -2.27. The average molecular weight is 235 g/mol. The molecule has 0 spiro atoms. The Morgan fingerprint density at radius 1 is 1.47 bits per heavy atom. The summed E-state index contributed by atoms with van der Waals surface area (Å²) in [4.78, 5) is 22.8. The van der Waals surface area contributed by atoms with E-state index in [0.717, 1.165) is 24.6 Å². The zero-order valence-corrected chi connectivity index (χ0v) is 10.5. The van der Waals surface area contributed by atoms with Gasteiger partial charge < -0.3 is 9.64 Å². The second kappa shape index (κ2) is 4.69. The molecule has 17 heavy (non-hydrogen) atoms. The van der Waals surface area contributed by atoms with E-state index < -0.39 is 0 Å². The normalized spacial score (nSPS) is 18.9. The molecule has 2 rings (SSSR count). The Labute approximate surface area is 101 Å². The van der Waals surface area contributed by atoms with Gasteiger partial charge in [-0.3, -0.25) is 4.99 Å². The first-order valence-corrected chi connectivity index (χ1v) is 5.97. The van der Waals surface area contributed by atoms with Crippen molar-refractivity contribution in [2.45, 2.75) is 27.2 Å². The van der Waals surface area contributed by atoms with Crippen LogP contribution in [0, 0.1) is 0 Å². The van der Waals surface area contributed by atoms with Crippen molar-refractivity contribution < 1.29 is 9.53 Å². The van der Waals surface area contributed by atoms with Gasteiger partial charge in [0.2, 0.25) is 0 Å². The summed E-state index contributed by atoms with van der Waals surface area (Å²) in [7, 11) is 0. The van der Waals surface area contributed by atoms with Crippen LogP contribution in [0.5, 0.6) is 0 Å². The van der Waals surface area contributed by atoms with Crippen molar-refractivity contribution in [3.8, 4) is 0 Å². The Balaban J connectivity index is 2.41. The van der Waals surface area contributed by atoms with Crippen LogP contribution in [0.15, 0.2) is 21.3 Å². The monoisotopic (exact) mass is 235 g/mol. The van der Waals surface area contributed by atoms with Gasteiger partial charge in [-0.05, 0) is 13.8 Å². The number of amidine groups is 2. The van der Waals surface area contributed by atoms with Gasteiger partial charge in [-0.15, -0.1) is 0 Å². The van der Waals surface area contributed by atoms with Crippen molar-refractivity contribution in [1.29, 1.82) is 0 Å². The number of nitrogens with zero attached hydrogens (tertiary/aromatic N) is 3. The number of hydrogen-bond donors (Lipinski definition) is 0. The SMILES string of the molecule is CCOC(=O)C1=C(C)N=C(CC)N2CCN=C12. The Bertz CT molecular complexity index is 435. The third-order valence-electron chi connectivity index (χ3n) is 2.83. The molecule has 0 aromatic carbocycles. The van der Waals surface area contributed by atoms with E-state index >= 15 is 0 Å². The highest BCUT2D eigenvalue weighted by atomic mass is 16.5. The Morgan fingerprint density at radius 2 is 2.24 bits per heavy atom. The van der Waals surface area contributed by atoms with Crippen molar-refractivity contribution >= 4 is 17.6 Å². The predicted molar refractivity (Wildman–Crippen MR) is 66.1 cm³/mol. The van der Waals surface area contributed by atoms with Crippen molar-refractivity contribution in [2.24, 2.45) is 9.98 Å². The summed E-state index contributed by atoms with van der Waals surface area (Å²) >= 11 is 0. The fourth-order valence-electron chi connectivity index (χ4n) is 2.10. The topological polar surface area (TPSA) is 54.3 Å². The summed E-state index contributed by atoms with van der Waals surface area (Å²) in [6.07, 6.45) is 0.840. The molecule has 0 bridgehead atoms. The first-order valence-electron chi connectivity index (χ1n) is 5.97. The molecule has 0 aliphatic carbocycles. The number of fused-ring (bicyclic) bond motifs is 1. The number of esters is 1. The van der Waals surface area contributed by atoms with E-state index in [1.54, 1.807) is 6.92 Å². The molecule has 92 valence electrons. The van der Waals surface area contributed by atoms with Crippen molar-refractivity contribution in [1.82, 2.24) is 4.90 Å². The molecule has 5 heteroatoms. The van der Waals surface area contributed by atoms with Crippen molar-refractivity contribution in [3.63, 3.8) is 0 Å². The number of aliphatic imine (C=N–C) groups is 2. The van der Waals surface area contributed by atoms with Crippen LogP contribution in [-0.4, -0.2) is 42.2 Å². The molecule has 0 atom stereocenters. The van der Waals surface area contributed by atoms with E-state index in [-0.39, 0.29) is 5.97 Å². The molecule has 0 N–H and O–H groups in total. The molecule has 0 fully saturated rings. The summed E-state index contributed by atoms with van der Waals surface area (Å²) in [6, 6.07) is 0. The molecule has 0 aromatic heterocycles. The third-order valence-corrected chi connectivity index (χ3v) is 2.83. The summed E-state index contributed by atoms with van der Waals surface area (Å²) in [5, 5.41) is 0. The van der Waals surface area contributed by atoms with Crippen LogP contribution in [0.3, 0.4) is 0 Å². The van der Waals surface area contributed by atoms with E-state index in [4.69, 9.17) is 4.74 Å². The minimum Gasteiger partial charge on any atom is -0.462 e. The van der Waals surface area contributed by atoms with Crippen LogP contribution in [0.2, 0.25) is 0 Å². The number of allylic oxidation sites excluding steroid dienone is 1. The average Bonchev–Trinajstić information content (AvgIpc) is 2.76.